The highest BCUT2D eigenvalue weighted by atomic mass is 32.2. The van der Waals surface area contributed by atoms with E-state index in [9.17, 15) is 19.5 Å². The molecule has 1 aromatic heterocycles. The number of nitrogens with zero attached hydrogens (tertiary/aromatic N) is 3. The van der Waals surface area contributed by atoms with E-state index in [0.717, 1.165) is 34.3 Å². The van der Waals surface area contributed by atoms with Gasteiger partial charge in [0.2, 0.25) is 16.9 Å². The average molecular weight is 405 g/mol. The standard InChI is InChI=1S/C17H18N4O4S2/c1-9-4-3-5-12(6-9)21-8-11(7-13(21)22)14(23)18-16-19-20-17(27-16)26-10(2)15(24)25/h3-6,10-11H,7-8H2,1-2H3,(H,24,25)(H,18,19,23)/p-1/t10-,11-/m0/s1. The molecule has 10 heteroatoms. The van der Waals surface area contributed by atoms with Crippen LogP contribution in [0.4, 0.5) is 10.8 Å². The number of anilines is 2. The Morgan fingerprint density at radius 1 is 1.41 bits per heavy atom. The maximum absolute atomic E-state index is 12.5. The number of aryl methyl sites for hydroxylation is 1. The molecule has 0 radical (unpaired) electrons. The molecule has 0 spiro atoms. The van der Waals surface area contributed by atoms with E-state index in [0.29, 0.717) is 10.9 Å². The van der Waals surface area contributed by atoms with Crippen LogP contribution in [0.25, 0.3) is 0 Å². The third kappa shape index (κ3) is 4.64. The van der Waals surface area contributed by atoms with Gasteiger partial charge in [0.15, 0.2) is 4.34 Å². The number of thioether (sulfide) groups is 1. The molecule has 1 aliphatic heterocycles. The summed E-state index contributed by atoms with van der Waals surface area (Å²) in [5.41, 5.74) is 1.82. The Morgan fingerprint density at radius 3 is 2.89 bits per heavy atom. The van der Waals surface area contributed by atoms with Gasteiger partial charge in [-0.15, -0.1) is 10.2 Å². The third-order valence-electron chi connectivity index (χ3n) is 4.06. The summed E-state index contributed by atoms with van der Waals surface area (Å²) in [7, 11) is 0. The van der Waals surface area contributed by atoms with E-state index in [1.54, 1.807) is 4.90 Å². The van der Waals surface area contributed by atoms with Crippen LogP contribution >= 0.6 is 23.1 Å². The highest BCUT2D eigenvalue weighted by Crippen LogP contribution is 2.30. The van der Waals surface area contributed by atoms with Crippen LogP contribution in [0.15, 0.2) is 28.6 Å². The van der Waals surface area contributed by atoms with Gasteiger partial charge < -0.3 is 20.1 Å². The van der Waals surface area contributed by atoms with Crippen molar-refractivity contribution >= 4 is 51.7 Å². The Morgan fingerprint density at radius 2 is 2.19 bits per heavy atom. The van der Waals surface area contributed by atoms with Crippen LogP contribution in [0, 0.1) is 12.8 Å². The molecule has 2 atom stereocenters. The summed E-state index contributed by atoms with van der Waals surface area (Å²) in [6.07, 6.45) is 0.127. The Kier molecular flexibility index (Phi) is 5.76. The van der Waals surface area contributed by atoms with E-state index >= 15 is 0 Å². The van der Waals surface area contributed by atoms with Crippen molar-refractivity contribution < 1.29 is 19.5 Å². The molecule has 8 nitrogen and oxygen atoms in total. The van der Waals surface area contributed by atoms with Gasteiger partial charge in [-0.25, -0.2) is 0 Å². The number of aliphatic carboxylic acids is 1. The predicted octanol–water partition coefficient (Wildman–Crippen LogP) is 1.07. The van der Waals surface area contributed by atoms with Gasteiger partial charge in [0.05, 0.1) is 11.9 Å². The summed E-state index contributed by atoms with van der Waals surface area (Å²) in [5.74, 6) is -2.09. The minimum atomic E-state index is -1.19. The predicted molar refractivity (Wildman–Crippen MR) is 101 cm³/mol. The van der Waals surface area contributed by atoms with Gasteiger partial charge in [0.1, 0.15) is 0 Å². The lowest BCUT2D eigenvalue weighted by Crippen LogP contribution is -2.31. The monoisotopic (exact) mass is 405 g/mol. The molecule has 27 heavy (non-hydrogen) atoms. The van der Waals surface area contributed by atoms with E-state index in [1.807, 2.05) is 31.2 Å². The molecule has 0 unspecified atom stereocenters. The van der Waals surface area contributed by atoms with Gasteiger partial charge in [-0.3, -0.25) is 9.59 Å². The number of carboxylic acid groups (broad SMARTS) is 1. The third-order valence-corrected chi connectivity index (χ3v) is 6.06. The Hall–Kier alpha value is -2.46. The molecule has 1 aliphatic rings. The number of rotatable bonds is 6. The van der Waals surface area contributed by atoms with Crippen molar-refractivity contribution in [2.24, 2.45) is 5.92 Å². The summed E-state index contributed by atoms with van der Waals surface area (Å²) >= 11 is 2.09. The molecule has 1 aromatic carbocycles. The van der Waals surface area contributed by atoms with Crippen molar-refractivity contribution in [3.8, 4) is 0 Å². The lowest BCUT2D eigenvalue weighted by Gasteiger charge is -2.17. The molecule has 1 saturated heterocycles. The Bertz CT molecular complexity index is 885. The fourth-order valence-electron chi connectivity index (χ4n) is 2.64. The van der Waals surface area contributed by atoms with Gasteiger partial charge in [-0.05, 0) is 31.5 Å². The van der Waals surface area contributed by atoms with Crippen LogP contribution in [0.5, 0.6) is 0 Å². The molecule has 3 rings (SSSR count). The second kappa shape index (κ2) is 8.05. The van der Waals surface area contributed by atoms with E-state index < -0.39 is 17.1 Å². The lowest BCUT2D eigenvalue weighted by molar-refractivity contribution is -0.304. The molecule has 1 N–H and O–H groups in total. The zero-order valence-corrected chi connectivity index (χ0v) is 16.3. The van der Waals surface area contributed by atoms with Gasteiger partial charge in [0, 0.05) is 23.9 Å². The summed E-state index contributed by atoms with van der Waals surface area (Å²) < 4.78 is 0.422. The highest BCUT2D eigenvalue weighted by molar-refractivity contribution is 8.02. The van der Waals surface area contributed by atoms with Crippen molar-refractivity contribution in [1.82, 2.24) is 10.2 Å². The van der Waals surface area contributed by atoms with Crippen LogP contribution < -0.4 is 15.3 Å². The summed E-state index contributed by atoms with van der Waals surface area (Å²) in [6.45, 7) is 3.74. The number of hydrogen-bond donors (Lipinski definition) is 1. The fourth-order valence-corrected chi connectivity index (χ4v) is 4.47. The van der Waals surface area contributed by atoms with Crippen molar-refractivity contribution in [2.45, 2.75) is 29.9 Å². The molecule has 2 amide bonds. The number of carbonyl (C=O) groups is 3. The normalized spacial score (nSPS) is 17.8. The molecular formula is C17H17N4O4S2-. The SMILES string of the molecule is Cc1cccc(N2C[C@@H](C(=O)Nc3nnc(S[C@@H](C)C(=O)[O-])s3)CC2=O)c1. The quantitative estimate of drug-likeness (QED) is 0.564. The number of benzene rings is 1. The molecule has 0 aliphatic carbocycles. The number of aromatic nitrogens is 2. The molecule has 1 fully saturated rings. The summed E-state index contributed by atoms with van der Waals surface area (Å²) in [4.78, 5) is 37.2. The topological polar surface area (TPSA) is 115 Å². The molecule has 2 aromatic rings. The van der Waals surface area contributed by atoms with Crippen LogP contribution in [0.2, 0.25) is 0 Å². The average Bonchev–Trinajstić information content (AvgIpc) is 3.21. The number of hydrogen-bond acceptors (Lipinski definition) is 8. The Labute approximate surface area is 164 Å². The van der Waals surface area contributed by atoms with E-state index in [4.69, 9.17) is 0 Å². The first-order valence-electron chi connectivity index (χ1n) is 8.22. The minimum Gasteiger partial charge on any atom is -0.549 e. The second-order valence-electron chi connectivity index (χ2n) is 6.19. The van der Waals surface area contributed by atoms with Crippen LogP contribution in [-0.2, 0) is 14.4 Å². The smallest absolute Gasteiger partial charge is 0.231 e. The molecule has 142 valence electrons. The summed E-state index contributed by atoms with van der Waals surface area (Å²) in [5, 5.41) is 20.7. The number of amides is 2. The molecule has 2 heterocycles. The largest absolute Gasteiger partial charge is 0.549 e. The van der Waals surface area contributed by atoms with Crippen LogP contribution in [-0.4, -0.2) is 39.8 Å². The molecule has 0 bridgehead atoms. The maximum atomic E-state index is 12.5. The second-order valence-corrected chi connectivity index (χ2v) is 8.75. The van der Waals surface area contributed by atoms with E-state index in [2.05, 4.69) is 15.5 Å². The van der Waals surface area contributed by atoms with Crippen molar-refractivity contribution in [1.29, 1.82) is 0 Å². The van der Waals surface area contributed by atoms with Crippen molar-refractivity contribution in [3.63, 3.8) is 0 Å². The van der Waals surface area contributed by atoms with Crippen molar-refractivity contribution in [3.05, 3.63) is 29.8 Å². The zero-order valence-electron chi connectivity index (χ0n) is 14.7. The summed E-state index contributed by atoms with van der Waals surface area (Å²) in [6, 6.07) is 7.57. The van der Waals surface area contributed by atoms with Gasteiger partial charge in [-0.2, -0.15) is 0 Å². The van der Waals surface area contributed by atoms with Crippen LogP contribution in [0.3, 0.4) is 0 Å². The molecule has 0 saturated carbocycles. The minimum absolute atomic E-state index is 0.1000. The highest BCUT2D eigenvalue weighted by Gasteiger charge is 2.35. The first kappa shape index (κ1) is 19.3. The Balaban J connectivity index is 1.61. The van der Waals surface area contributed by atoms with E-state index in [1.165, 1.54) is 6.92 Å². The van der Waals surface area contributed by atoms with E-state index in [-0.39, 0.29) is 23.4 Å². The first-order valence-corrected chi connectivity index (χ1v) is 9.92. The van der Waals surface area contributed by atoms with Gasteiger partial charge in [0.25, 0.3) is 0 Å². The number of carboxylic acids is 1. The zero-order chi connectivity index (χ0) is 19.6. The maximum Gasteiger partial charge on any atom is 0.231 e. The fraction of sp³-hybridized carbons (Fsp3) is 0.353. The van der Waals surface area contributed by atoms with Crippen molar-refractivity contribution in [2.75, 3.05) is 16.8 Å². The number of carbonyl (C=O) groups excluding carboxylic acids is 3. The lowest BCUT2D eigenvalue weighted by atomic mass is 10.1. The van der Waals surface area contributed by atoms with Gasteiger partial charge >= 0.3 is 0 Å². The first-order chi connectivity index (χ1) is 12.8. The number of nitrogens with one attached hydrogen (secondary N) is 1. The van der Waals surface area contributed by atoms with Crippen LogP contribution in [0.1, 0.15) is 18.9 Å². The molecular weight excluding hydrogens is 388 g/mol. The van der Waals surface area contributed by atoms with Gasteiger partial charge in [-0.1, -0.05) is 35.2 Å².